The summed E-state index contributed by atoms with van der Waals surface area (Å²) in [5.41, 5.74) is 0. The standard InChI is InChI=1S/C4H2F4O3/c5-4(6,7)2(9)1-3(10)11-8/h1H2. The minimum atomic E-state index is -5.12. The van der Waals surface area contributed by atoms with Gasteiger partial charge in [0.2, 0.25) is 5.78 Å². The maximum atomic E-state index is 11.3. The Morgan fingerprint density at radius 3 is 2.00 bits per heavy atom. The Hall–Kier alpha value is -1.14. The lowest BCUT2D eigenvalue weighted by Crippen LogP contribution is -2.25. The number of halogens is 4. The number of carbonyl (C=O) groups is 2. The highest BCUT2D eigenvalue weighted by atomic mass is 19.4. The van der Waals surface area contributed by atoms with Gasteiger partial charge in [-0.05, 0) is 0 Å². The van der Waals surface area contributed by atoms with Crippen LogP contribution < -0.4 is 0 Å². The smallest absolute Gasteiger partial charge is 0.289 e. The monoisotopic (exact) mass is 174 g/mol. The van der Waals surface area contributed by atoms with E-state index in [1.165, 1.54) is 0 Å². The predicted octanol–water partition coefficient (Wildman–Crippen LogP) is 0.936. The zero-order valence-corrected chi connectivity index (χ0v) is 4.94. The molecule has 0 bridgehead atoms. The number of rotatable bonds is 2. The Labute approximate surface area is 57.8 Å². The Bertz CT molecular complexity index is 173. The Morgan fingerprint density at radius 1 is 1.27 bits per heavy atom. The summed E-state index contributed by atoms with van der Waals surface area (Å²) >= 11 is 0. The number of ketones is 1. The summed E-state index contributed by atoms with van der Waals surface area (Å²) in [5.74, 6) is -4.19. The van der Waals surface area contributed by atoms with Crippen LogP contribution in [0, 0.1) is 0 Å². The average molecular weight is 174 g/mol. The minimum Gasteiger partial charge on any atom is -0.289 e. The van der Waals surface area contributed by atoms with Gasteiger partial charge < -0.3 is 0 Å². The zero-order chi connectivity index (χ0) is 9.07. The molecular formula is C4H2F4O3. The molecule has 0 amide bonds. The van der Waals surface area contributed by atoms with Crippen LogP contribution in [0.3, 0.4) is 0 Å². The first-order valence-electron chi connectivity index (χ1n) is 2.29. The van der Waals surface area contributed by atoms with E-state index in [1.54, 1.807) is 0 Å². The first-order valence-corrected chi connectivity index (χ1v) is 2.29. The van der Waals surface area contributed by atoms with E-state index in [9.17, 15) is 27.3 Å². The quantitative estimate of drug-likeness (QED) is 0.462. The molecule has 0 aromatic carbocycles. The van der Waals surface area contributed by atoms with Crippen LogP contribution in [0.5, 0.6) is 0 Å². The molecule has 0 saturated carbocycles. The molecule has 0 radical (unpaired) electrons. The molecular weight excluding hydrogens is 172 g/mol. The van der Waals surface area contributed by atoms with Gasteiger partial charge in [0.25, 0.3) is 0 Å². The fourth-order valence-corrected chi connectivity index (χ4v) is 0.259. The molecule has 0 unspecified atom stereocenters. The molecule has 0 aromatic heterocycles. The van der Waals surface area contributed by atoms with Crippen molar-refractivity contribution in [2.45, 2.75) is 12.6 Å². The van der Waals surface area contributed by atoms with Crippen molar-refractivity contribution in [3.63, 3.8) is 0 Å². The van der Waals surface area contributed by atoms with Gasteiger partial charge in [0.15, 0.2) is 0 Å². The average Bonchev–Trinajstić information content (AvgIpc) is 1.85. The highest BCUT2D eigenvalue weighted by Gasteiger charge is 2.39. The summed E-state index contributed by atoms with van der Waals surface area (Å²) in [4.78, 5) is 21.9. The van der Waals surface area contributed by atoms with E-state index >= 15 is 0 Å². The van der Waals surface area contributed by atoms with Gasteiger partial charge in [0.05, 0.1) is 0 Å². The second-order valence-corrected chi connectivity index (χ2v) is 1.55. The molecule has 0 aliphatic heterocycles. The van der Waals surface area contributed by atoms with Gasteiger partial charge in [-0.1, -0.05) is 0 Å². The summed E-state index contributed by atoms with van der Waals surface area (Å²) in [6.07, 6.45) is -6.74. The van der Waals surface area contributed by atoms with Crippen LogP contribution in [-0.4, -0.2) is 17.9 Å². The van der Waals surface area contributed by atoms with E-state index in [0.717, 1.165) is 0 Å². The summed E-state index contributed by atoms with van der Waals surface area (Å²) in [7, 11) is 0. The normalized spacial score (nSPS) is 10.9. The SMILES string of the molecule is O=C(CC(=O)C(F)(F)F)OF. The molecule has 64 valence electrons. The van der Waals surface area contributed by atoms with Crippen molar-refractivity contribution < 1.29 is 32.2 Å². The van der Waals surface area contributed by atoms with E-state index < -0.39 is 24.3 Å². The molecule has 0 spiro atoms. The molecule has 3 nitrogen and oxygen atoms in total. The van der Waals surface area contributed by atoms with E-state index in [1.807, 2.05) is 0 Å². The van der Waals surface area contributed by atoms with Crippen LogP contribution in [-0.2, 0) is 14.5 Å². The Kier molecular flexibility index (Phi) is 2.97. The van der Waals surface area contributed by atoms with Crippen LogP contribution in [0.2, 0.25) is 0 Å². The van der Waals surface area contributed by atoms with E-state index in [-0.39, 0.29) is 0 Å². The highest BCUT2D eigenvalue weighted by molar-refractivity contribution is 5.98. The lowest BCUT2D eigenvalue weighted by molar-refractivity contribution is -0.191. The second kappa shape index (κ2) is 3.31. The number of alkyl halides is 3. The van der Waals surface area contributed by atoms with Gasteiger partial charge in [-0.15, -0.1) is 0 Å². The van der Waals surface area contributed by atoms with Crippen LogP contribution in [0.15, 0.2) is 0 Å². The summed E-state index contributed by atoms with van der Waals surface area (Å²) in [6.45, 7) is 0. The molecule has 0 aliphatic rings. The van der Waals surface area contributed by atoms with Gasteiger partial charge in [0, 0.05) is 4.53 Å². The van der Waals surface area contributed by atoms with Crippen molar-refractivity contribution in [2.75, 3.05) is 0 Å². The lowest BCUT2D eigenvalue weighted by Gasteiger charge is -2.00. The number of hydrogen-bond donors (Lipinski definition) is 0. The molecule has 0 saturated heterocycles. The molecule has 0 heterocycles. The van der Waals surface area contributed by atoms with Crippen molar-refractivity contribution in [2.24, 2.45) is 0 Å². The maximum Gasteiger partial charge on any atom is 0.450 e. The van der Waals surface area contributed by atoms with Crippen molar-refractivity contribution >= 4 is 11.8 Å². The van der Waals surface area contributed by atoms with Crippen molar-refractivity contribution in [3.8, 4) is 0 Å². The van der Waals surface area contributed by atoms with Crippen LogP contribution >= 0.6 is 0 Å². The van der Waals surface area contributed by atoms with Crippen LogP contribution in [0.1, 0.15) is 6.42 Å². The van der Waals surface area contributed by atoms with E-state index in [2.05, 4.69) is 4.94 Å². The molecule has 11 heavy (non-hydrogen) atoms. The molecule has 0 aromatic rings. The first-order chi connectivity index (χ1) is 4.88. The van der Waals surface area contributed by atoms with Gasteiger partial charge in [0.1, 0.15) is 6.42 Å². The third kappa shape index (κ3) is 3.54. The molecule has 0 N–H and O–H groups in total. The largest absolute Gasteiger partial charge is 0.450 e. The van der Waals surface area contributed by atoms with E-state index in [0.29, 0.717) is 0 Å². The Balaban J connectivity index is 3.99. The molecule has 0 fully saturated rings. The van der Waals surface area contributed by atoms with Crippen LogP contribution in [0.25, 0.3) is 0 Å². The fraction of sp³-hybridized carbons (Fsp3) is 0.500. The second-order valence-electron chi connectivity index (χ2n) is 1.55. The van der Waals surface area contributed by atoms with Gasteiger partial charge in [-0.25, -0.2) is 4.79 Å². The van der Waals surface area contributed by atoms with Crippen LogP contribution in [0.4, 0.5) is 17.7 Å². The van der Waals surface area contributed by atoms with Gasteiger partial charge in [-0.2, -0.15) is 13.2 Å². The van der Waals surface area contributed by atoms with Gasteiger partial charge in [-0.3, -0.25) is 9.74 Å². The molecule has 0 rings (SSSR count). The minimum absolute atomic E-state index is 1.63. The highest BCUT2D eigenvalue weighted by Crippen LogP contribution is 2.17. The third-order valence-electron chi connectivity index (χ3n) is 0.707. The lowest BCUT2D eigenvalue weighted by atomic mass is 10.3. The predicted molar refractivity (Wildman–Crippen MR) is 22.9 cm³/mol. The van der Waals surface area contributed by atoms with Crippen molar-refractivity contribution in [1.29, 1.82) is 0 Å². The molecule has 0 atom stereocenters. The maximum absolute atomic E-state index is 11.3. The van der Waals surface area contributed by atoms with Gasteiger partial charge >= 0.3 is 12.1 Å². The number of Topliss-reactive ketones (excluding diaryl/α,β-unsaturated/α-hetero) is 1. The summed E-state index contributed by atoms with van der Waals surface area (Å²) < 4.78 is 44.6. The third-order valence-corrected chi connectivity index (χ3v) is 0.707. The van der Waals surface area contributed by atoms with Crippen molar-refractivity contribution in [3.05, 3.63) is 0 Å². The number of carbonyl (C=O) groups excluding carboxylic acids is 2. The number of hydrogen-bond acceptors (Lipinski definition) is 3. The zero-order valence-electron chi connectivity index (χ0n) is 4.94. The first kappa shape index (κ1) is 9.86. The summed E-state index contributed by atoms with van der Waals surface area (Å²) in [6, 6.07) is 0. The fourth-order valence-electron chi connectivity index (χ4n) is 0.259. The van der Waals surface area contributed by atoms with E-state index in [4.69, 9.17) is 0 Å². The van der Waals surface area contributed by atoms with Crippen molar-refractivity contribution in [1.82, 2.24) is 0 Å². The Morgan fingerprint density at radius 2 is 1.73 bits per heavy atom. The summed E-state index contributed by atoms with van der Waals surface area (Å²) in [5, 5.41) is 0. The topological polar surface area (TPSA) is 43.4 Å². The molecule has 7 heteroatoms. The molecule has 0 aliphatic carbocycles.